The van der Waals surface area contributed by atoms with Gasteiger partial charge in [-0.25, -0.2) is 13.6 Å². The zero-order valence-corrected chi connectivity index (χ0v) is 9.31. The molecule has 18 heavy (non-hydrogen) atoms. The van der Waals surface area contributed by atoms with Crippen LogP contribution in [0.15, 0.2) is 22.6 Å². The van der Waals surface area contributed by atoms with E-state index in [4.69, 9.17) is 4.42 Å². The maximum atomic E-state index is 13.4. The average molecular weight is 254 g/mol. The van der Waals surface area contributed by atoms with Gasteiger partial charge in [0.25, 0.3) is 5.89 Å². The largest absolute Gasteiger partial charge is 0.459 e. The van der Waals surface area contributed by atoms with Crippen LogP contribution in [-0.4, -0.2) is 22.8 Å². The van der Waals surface area contributed by atoms with Crippen molar-refractivity contribution in [2.24, 2.45) is 0 Å². The Bertz CT molecular complexity index is 583. The van der Waals surface area contributed by atoms with Gasteiger partial charge in [0.2, 0.25) is 0 Å². The number of esters is 1. The van der Waals surface area contributed by atoms with Gasteiger partial charge in [-0.1, -0.05) is 6.07 Å². The Morgan fingerprint density at radius 1 is 1.39 bits per heavy atom. The van der Waals surface area contributed by atoms with Crippen molar-refractivity contribution >= 4 is 5.97 Å². The highest BCUT2D eigenvalue weighted by molar-refractivity contribution is 5.84. The molecule has 0 saturated carbocycles. The fourth-order valence-electron chi connectivity index (χ4n) is 1.28. The molecule has 0 atom stereocenters. The second-order valence-electron chi connectivity index (χ2n) is 3.23. The molecule has 0 aliphatic rings. The Kier molecular flexibility index (Phi) is 3.31. The maximum Gasteiger partial charge on any atom is 0.396 e. The van der Waals surface area contributed by atoms with E-state index in [2.05, 4.69) is 14.9 Å². The zero-order chi connectivity index (χ0) is 13.1. The van der Waals surface area contributed by atoms with Gasteiger partial charge in [-0.2, -0.15) is 0 Å². The van der Waals surface area contributed by atoms with Crippen LogP contribution in [0.4, 0.5) is 8.78 Å². The smallest absolute Gasteiger partial charge is 0.396 e. The molecule has 0 saturated heterocycles. The van der Waals surface area contributed by atoms with Crippen molar-refractivity contribution in [1.82, 2.24) is 10.2 Å². The highest BCUT2D eigenvalue weighted by atomic mass is 19.2. The highest BCUT2D eigenvalue weighted by Crippen LogP contribution is 2.23. The maximum absolute atomic E-state index is 13.4. The minimum absolute atomic E-state index is 0.144. The van der Waals surface area contributed by atoms with Crippen molar-refractivity contribution in [2.45, 2.75) is 6.92 Å². The molecule has 2 aromatic rings. The molecule has 94 valence electrons. The first kappa shape index (κ1) is 12.2. The molecule has 0 aliphatic carbocycles. The van der Waals surface area contributed by atoms with E-state index in [0.29, 0.717) is 0 Å². The third kappa shape index (κ3) is 2.20. The van der Waals surface area contributed by atoms with Gasteiger partial charge < -0.3 is 9.15 Å². The van der Waals surface area contributed by atoms with E-state index in [1.54, 1.807) is 6.92 Å². The molecule has 1 heterocycles. The summed E-state index contributed by atoms with van der Waals surface area (Å²) in [4.78, 5) is 11.3. The summed E-state index contributed by atoms with van der Waals surface area (Å²) in [5.74, 6) is -3.65. The number of nitrogens with zero attached hydrogens (tertiary/aromatic N) is 2. The molecule has 0 spiro atoms. The van der Waals surface area contributed by atoms with Crippen LogP contribution in [0.3, 0.4) is 0 Å². The molecule has 7 heteroatoms. The second-order valence-corrected chi connectivity index (χ2v) is 3.23. The first-order chi connectivity index (χ1) is 8.63. The van der Waals surface area contributed by atoms with Crippen LogP contribution in [0.2, 0.25) is 0 Å². The lowest BCUT2D eigenvalue weighted by Crippen LogP contribution is -2.04. The predicted octanol–water partition coefficient (Wildman–Crippen LogP) is 2.19. The normalized spacial score (nSPS) is 10.4. The van der Waals surface area contributed by atoms with E-state index >= 15 is 0 Å². The quantitative estimate of drug-likeness (QED) is 0.785. The number of rotatable bonds is 3. The topological polar surface area (TPSA) is 65.2 Å². The molecule has 2 rings (SSSR count). The van der Waals surface area contributed by atoms with Gasteiger partial charge in [0.05, 0.1) is 12.2 Å². The molecular formula is C11H8F2N2O3. The molecule has 0 amide bonds. The Morgan fingerprint density at radius 2 is 2.17 bits per heavy atom. The molecule has 1 aromatic carbocycles. The van der Waals surface area contributed by atoms with Crippen molar-refractivity contribution < 1.29 is 22.7 Å². The van der Waals surface area contributed by atoms with Crippen molar-refractivity contribution in [3.8, 4) is 11.5 Å². The zero-order valence-electron chi connectivity index (χ0n) is 9.31. The summed E-state index contributed by atoms with van der Waals surface area (Å²) in [6.45, 7) is 1.76. The van der Waals surface area contributed by atoms with Crippen molar-refractivity contribution in [1.29, 1.82) is 0 Å². The number of ether oxygens (including phenoxy) is 1. The molecule has 0 unspecified atom stereocenters. The predicted molar refractivity (Wildman–Crippen MR) is 55.6 cm³/mol. The van der Waals surface area contributed by atoms with Crippen LogP contribution >= 0.6 is 0 Å². The summed E-state index contributed by atoms with van der Waals surface area (Å²) in [6, 6.07) is 3.52. The number of aromatic nitrogens is 2. The SMILES string of the molecule is CCOC(=O)c1nnc(-c2cccc(F)c2F)o1. The van der Waals surface area contributed by atoms with E-state index in [1.807, 2.05) is 0 Å². The van der Waals surface area contributed by atoms with Gasteiger partial charge in [0.1, 0.15) is 0 Å². The monoisotopic (exact) mass is 254 g/mol. The summed E-state index contributed by atoms with van der Waals surface area (Å²) >= 11 is 0. The molecule has 0 radical (unpaired) electrons. The third-order valence-corrected chi connectivity index (χ3v) is 2.06. The van der Waals surface area contributed by atoms with Crippen LogP contribution in [0, 0.1) is 11.6 Å². The Balaban J connectivity index is 2.35. The minimum Gasteiger partial charge on any atom is -0.459 e. The van der Waals surface area contributed by atoms with Gasteiger partial charge in [-0.3, -0.25) is 0 Å². The van der Waals surface area contributed by atoms with Crippen LogP contribution in [-0.2, 0) is 4.74 Å². The highest BCUT2D eigenvalue weighted by Gasteiger charge is 2.20. The van der Waals surface area contributed by atoms with Crippen molar-refractivity contribution in [2.75, 3.05) is 6.61 Å². The average Bonchev–Trinajstić information content (AvgIpc) is 2.82. The van der Waals surface area contributed by atoms with E-state index in [0.717, 1.165) is 6.07 Å². The molecular weight excluding hydrogens is 246 g/mol. The van der Waals surface area contributed by atoms with E-state index in [-0.39, 0.29) is 18.1 Å². The fourth-order valence-corrected chi connectivity index (χ4v) is 1.28. The number of carbonyl (C=O) groups excluding carboxylic acids is 1. The van der Waals surface area contributed by atoms with Crippen molar-refractivity contribution in [3.63, 3.8) is 0 Å². The first-order valence-corrected chi connectivity index (χ1v) is 5.08. The Hall–Kier alpha value is -2.31. The molecule has 0 aliphatic heterocycles. The summed E-state index contributed by atoms with van der Waals surface area (Å²) in [5.41, 5.74) is -0.210. The van der Waals surface area contributed by atoms with Crippen LogP contribution in [0.5, 0.6) is 0 Å². The summed E-state index contributed by atoms with van der Waals surface area (Å²) in [5, 5.41) is 6.87. The standard InChI is InChI=1S/C11H8F2N2O3/c1-2-17-11(16)10-15-14-9(18-10)6-4-3-5-7(12)8(6)13/h3-5H,2H2,1H3. The number of hydrogen-bond donors (Lipinski definition) is 0. The van der Waals surface area contributed by atoms with Gasteiger partial charge in [0.15, 0.2) is 11.6 Å². The summed E-state index contributed by atoms with van der Waals surface area (Å²) < 4.78 is 36.0. The molecule has 0 N–H and O–H groups in total. The van der Waals surface area contributed by atoms with Crippen molar-refractivity contribution in [3.05, 3.63) is 35.7 Å². The second kappa shape index (κ2) is 4.91. The molecule has 0 fully saturated rings. The van der Waals surface area contributed by atoms with Gasteiger partial charge >= 0.3 is 11.9 Å². The lowest BCUT2D eigenvalue weighted by atomic mass is 10.2. The lowest BCUT2D eigenvalue weighted by Gasteiger charge is -1.98. The van der Waals surface area contributed by atoms with E-state index < -0.39 is 23.5 Å². The number of carbonyl (C=O) groups is 1. The fraction of sp³-hybridized carbons (Fsp3) is 0.182. The number of halogens is 2. The van der Waals surface area contributed by atoms with Gasteiger partial charge in [-0.15, -0.1) is 10.2 Å². The van der Waals surface area contributed by atoms with E-state index in [1.165, 1.54) is 12.1 Å². The van der Waals surface area contributed by atoms with Crippen LogP contribution in [0.25, 0.3) is 11.5 Å². The number of hydrogen-bond acceptors (Lipinski definition) is 5. The lowest BCUT2D eigenvalue weighted by molar-refractivity contribution is 0.0481. The minimum atomic E-state index is -1.11. The third-order valence-electron chi connectivity index (χ3n) is 2.06. The Morgan fingerprint density at radius 3 is 2.89 bits per heavy atom. The van der Waals surface area contributed by atoms with Crippen LogP contribution < -0.4 is 0 Å². The van der Waals surface area contributed by atoms with Gasteiger partial charge in [0, 0.05) is 0 Å². The summed E-state index contributed by atoms with van der Waals surface area (Å²) in [6.07, 6.45) is 0. The molecule has 0 bridgehead atoms. The Labute approximate surface area is 100 Å². The first-order valence-electron chi connectivity index (χ1n) is 5.08. The molecule has 5 nitrogen and oxygen atoms in total. The number of benzene rings is 1. The van der Waals surface area contributed by atoms with Gasteiger partial charge in [-0.05, 0) is 19.1 Å². The van der Waals surface area contributed by atoms with E-state index in [9.17, 15) is 13.6 Å². The van der Waals surface area contributed by atoms with Crippen LogP contribution in [0.1, 0.15) is 17.6 Å². The molecule has 1 aromatic heterocycles. The summed E-state index contributed by atoms with van der Waals surface area (Å²) in [7, 11) is 0.